The zero-order valence-electron chi connectivity index (χ0n) is 13.2. The van der Waals surface area contributed by atoms with Crippen LogP contribution in [0.2, 0.25) is 0 Å². The number of aromatic nitrogens is 1. The number of pyridine rings is 1. The summed E-state index contributed by atoms with van der Waals surface area (Å²) in [5.41, 5.74) is 0.604. The van der Waals surface area contributed by atoms with E-state index in [9.17, 15) is 4.79 Å². The molecule has 1 atom stereocenters. The van der Waals surface area contributed by atoms with Crippen LogP contribution in [-0.4, -0.2) is 46.5 Å². The Morgan fingerprint density at radius 2 is 2.14 bits per heavy atom. The molecule has 0 spiro atoms. The quantitative estimate of drug-likeness (QED) is 0.853. The SMILES string of the molecule is CN(C(=O)c1cccnc1OC1CCSC1)C1CCCCC1. The van der Waals surface area contributed by atoms with Gasteiger partial charge in [-0.2, -0.15) is 11.8 Å². The molecule has 1 aliphatic heterocycles. The molecule has 120 valence electrons. The fraction of sp³-hybridized carbons (Fsp3) is 0.647. The molecule has 1 aliphatic carbocycles. The van der Waals surface area contributed by atoms with E-state index in [1.807, 2.05) is 35.8 Å². The largest absolute Gasteiger partial charge is 0.473 e. The topological polar surface area (TPSA) is 42.4 Å². The summed E-state index contributed by atoms with van der Waals surface area (Å²) in [4.78, 5) is 19.0. The van der Waals surface area contributed by atoms with Gasteiger partial charge >= 0.3 is 0 Å². The first-order valence-electron chi connectivity index (χ1n) is 8.22. The van der Waals surface area contributed by atoms with Crippen molar-refractivity contribution in [1.82, 2.24) is 9.88 Å². The van der Waals surface area contributed by atoms with E-state index >= 15 is 0 Å². The molecule has 1 unspecified atom stereocenters. The summed E-state index contributed by atoms with van der Waals surface area (Å²) >= 11 is 1.90. The van der Waals surface area contributed by atoms with E-state index in [4.69, 9.17) is 4.74 Å². The normalized spacial score (nSPS) is 22.5. The molecule has 2 aliphatic rings. The lowest BCUT2D eigenvalue weighted by Crippen LogP contribution is -2.38. The molecule has 3 rings (SSSR count). The van der Waals surface area contributed by atoms with Crippen molar-refractivity contribution >= 4 is 17.7 Å². The van der Waals surface area contributed by atoms with Crippen molar-refractivity contribution in [2.45, 2.75) is 50.7 Å². The predicted molar refractivity (Wildman–Crippen MR) is 89.6 cm³/mol. The van der Waals surface area contributed by atoms with Gasteiger partial charge in [-0.25, -0.2) is 4.98 Å². The summed E-state index contributed by atoms with van der Waals surface area (Å²) < 4.78 is 5.99. The molecule has 0 N–H and O–H groups in total. The molecule has 0 radical (unpaired) electrons. The fourth-order valence-electron chi connectivity index (χ4n) is 3.24. The van der Waals surface area contributed by atoms with Crippen molar-refractivity contribution in [1.29, 1.82) is 0 Å². The fourth-order valence-corrected chi connectivity index (χ4v) is 4.33. The first-order chi connectivity index (χ1) is 10.8. The predicted octanol–water partition coefficient (Wildman–Crippen LogP) is 3.37. The van der Waals surface area contributed by atoms with Crippen molar-refractivity contribution in [3.05, 3.63) is 23.9 Å². The summed E-state index contributed by atoms with van der Waals surface area (Å²) in [6, 6.07) is 4.01. The number of hydrogen-bond acceptors (Lipinski definition) is 4. The minimum absolute atomic E-state index is 0.0423. The number of thioether (sulfide) groups is 1. The monoisotopic (exact) mass is 320 g/mol. The van der Waals surface area contributed by atoms with Crippen molar-refractivity contribution in [3.63, 3.8) is 0 Å². The van der Waals surface area contributed by atoms with Gasteiger partial charge in [0.1, 0.15) is 11.7 Å². The van der Waals surface area contributed by atoms with E-state index in [2.05, 4.69) is 4.98 Å². The van der Waals surface area contributed by atoms with Crippen molar-refractivity contribution < 1.29 is 9.53 Å². The highest BCUT2D eigenvalue weighted by Gasteiger charge is 2.27. The van der Waals surface area contributed by atoms with E-state index in [0.29, 0.717) is 17.5 Å². The van der Waals surface area contributed by atoms with E-state index in [0.717, 1.165) is 30.8 Å². The second-order valence-corrected chi connectivity index (χ2v) is 7.32. The van der Waals surface area contributed by atoms with Gasteiger partial charge < -0.3 is 9.64 Å². The lowest BCUT2D eigenvalue weighted by atomic mass is 9.94. The van der Waals surface area contributed by atoms with Crippen LogP contribution in [0, 0.1) is 0 Å². The van der Waals surface area contributed by atoms with Crippen LogP contribution < -0.4 is 4.74 Å². The van der Waals surface area contributed by atoms with E-state index in [-0.39, 0.29) is 12.0 Å². The smallest absolute Gasteiger partial charge is 0.259 e. The standard InChI is InChI=1S/C17H24N2O2S/c1-19(13-6-3-2-4-7-13)17(20)15-8-5-10-18-16(15)21-14-9-11-22-12-14/h5,8,10,13-14H,2-4,6-7,9,11-12H2,1H3. The van der Waals surface area contributed by atoms with Crippen LogP contribution in [0.25, 0.3) is 0 Å². The Labute approximate surface area is 136 Å². The molecular weight excluding hydrogens is 296 g/mol. The Morgan fingerprint density at radius 3 is 2.86 bits per heavy atom. The van der Waals surface area contributed by atoms with Gasteiger partial charge in [0, 0.05) is 25.0 Å². The summed E-state index contributed by atoms with van der Waals surface area (Å²) in [5, 5.41) is 0. The Kier molecular flexibility index (Phi) is 5.24. The molecule has 1 aromatic rings. The molecule has 1 aromatic heterocycles. The third-order valence-electron chi connectivity index (χ3n) is 4.61. The van der Waals surface area contributed by atoms with Crippen LogP contribution in [0.5, 0.6) is 5.88 Å². The number of amides is 1. The minimum Gasteiger partial charge on any atom is -0.473 e. The second kappa shape index (κ2) is 7.36. The van der Waals surface area contributed by atoms with Crippen LogP contribution in [0.4, 0.5) is 0 Å². The van der Waals surface area contributed by atoms with Gasteiger partial charge in [0.25, 0.3) is 5.91 Å². The molecule has 2 fully saturated rings. The van der Waals surface area contributed by atoms with Gasteiger partial charge in [-0.1, -0.05) is 19.3 Å². The van der Waals surface area contributed by atoms with Gasteiger partial charge in [0.05, 0.1) is 0 Å². The summed E-state index contributed by atoms with van der Waals surface area (Å²) in [7, 11) is 1.92. The first kappa shape index (κ1) is 15.7. The first-order valence-corrected chi connectivity index (χ1v) is 9.38. The maximum Gasteiger partial charge on any atom is 0.259 e. The zero-order chi connectivity index (χ0) is 15.4. The average Bonchev–Trinajstić information content (AvgIpc) is 3.08. The molecule has 0 aromatic carbocycles. The highest BCUT2D eigenvalue weighted by molar-refractivity contribution is 7.99. The number of carbonyl (C=O) groups is 1. The highest BCUT2D eigenvalue weighted by Crippen LogP contribution is 2.27. The summed E-state index contributed by atoms with van der Waals surface area (Å²) in [5.74, 6) is 2.66. The molecule has 1 saturated heterocycles. The van der Waals surface area contributed by atoms with Crippen LogP contribution in [0.3, 0.4) is 0 Å². The van der Waals surface area contributed by atoms with Crippen LogP contribution in [0.1, 0.15) is 48.9 Å². The molecule has 4 nitrogen and oxygen atoms in total. The Hall–Kier alpha value is -1.23. The Balaban J connectivity index is 1.73. The number of carbonyl (C=O) groups excluding carboxylic acids is 1. The average molecular weight is 320 g/mol. The number of ether oxygens (including phenoxy) is 1. The molecule has 5 heteroatoms. The second-order valence-electron chi connectivity index (χ2n) is 6.17. The van der Waals surface area contributed by atoms with Crippen LogP contribution >= 0.6 is 11.8 Å². The third kappa shape index (κ3) is 3.57. The molecule has 2 heterocycles. The highest BCUT2D eigenvalue weighted by atomic mass is 32.2. The van der Waals surface area contributed by atoms with E-state index in [1.54, 1.807) is 6.20 Å². The molecule has 0 bridgehead atoms. The van der Waals surface area contributed by atoms with Gasteiger partial charge in [-0.05, 0) is 37.1 Å². The number of hydrogen-bond donors (Lipinski definition) is 0. The van der Waals surface area contributed by atoms with Crippen LogP contribution in [-0.2, 0) is 0 Å². The maximum absolute atomic E-state index is 12.8. The van der Waals surface area contributed by atoms with Crippen molar-refractivity contribution in [2.75, 3.05) is 18.6 Å². The molecule has 1 saturated carbocycles. The van der Waals surface area contributed by atoms with Crippen molar-refractivity contribution in [3.8, 4) is 5.88 Å². The van der Waals surface area contributed by atoms with Gasteiger partial charge in [0.15, 0.2) is 0 Å². The van der Waals surface area contributed by atoms with Crippen LogP contribution in [0.15, 0.2) is 18.3 Å². The Morgan fingerprint density at radius 1 is 1.32 bits per heavy atom. The lowest BCUT2D eigenvalue weighted by molar-refractivity contribution is 0.0688. The lowest BCUT2D eigenvalue weighted by Gasteiger charge is -2.31. The van der Waals surface area contributed by atoms with Gasteiger partial charge in [0.2, 0.25) is 5.88 Å². The summed E-state index contributed by atoms with van der Waals surface area (Å²) in [6.07, 6.45) is 8.87. The van der Waals surface area contributed by atoms with E-state index in [1.165, 1.54) is 19.3 Å². The molecular formula is C17H24N2O2S. The third-order valence-corrected chi connectivity index (χ3v) is 5.74. The molecule has 1 amide bonds. The van der Waals surface area contributed by atoms with E-state index < -0.39 is 0 Å². The summed E-state index contributed by atoms with van der Waals surface area (Å²) in [6.45, 7) is 0. The molecule has 22 heavy (non-hydrogen) atoms. The Bertz CT molecular complexity index is 511. The zero-order valence-corrected chi connectivity index (χ0v) is 14.0. The van der Waals surface area contributed by atoms with Crippen molar-refractivity contribution in [2.24, 2.45) is 0 Å². The number of nitrogens with zero attached hydrogens (tertiary/aromatic N) is 2. The maximum atomic E-state index is 12.8. The number of rotatable bonds is 4. The van der Waals surface area contributed by atoms with Gasteiger partial charge in [-0.3, -0.25) is 4.79 Å². The minimum atomic E-state index is 0.0423. The van der Waals surface area contributed by atoms with Gasteiger partial charge in [-0.15, -0.1) is 0 Å².